The highest BCUT2D eigenvalue weighted by Crippen LogP contribution is 2.32. The van der Waals surface area contributed by atoms with Gasteiger partial charge in [0.1, 0.15) is 5.65 Å². The van der Waals surface area contributed by atoms with Gasteiger partial charge in [0.2, 0.25) is 5.95 Å². The zero-order valence-corrected chi connectivity index (χ0v) is 19.2. The molecule has 0 saturated carbocycles. The summed E-state index contributed by atoms with van der Waals surface area (Å²) < 4.78 is 25.4. The van der Waals surface area contributed by atoms with Gasteiger partial charge in [-0.3, -0.25) is 0 Å². The lowest BCUT2D eigenvalue weighted by molar-refractivity contribution is 0.140. The number of nitrogens with one attached hydrogen (secondary N) is 1. The van der Waals surface area contributed by atoms with Gasteiger partial charge in [-0.2, -0.15) is 4.98 Å². The summed E-state index contributed by atoms with van der Waals surface area (Å²) in [5.41, 5.74) is 3.23. The number of amides is 1. The summed E-state index contributed by atoms with van der Waals surface area (Å²) >= 11 is 0. The van der Waals surface area contributed by atoms with Gasteiger partial charge in [-0.25, -0.2) is 18.2 Å². The predicted molar refractivity (Wildman–Crippen MR) is 128 cm³/mol. The number of fused-ring (bicyclic) bond motifs is 1. The molecule has 1 amide bonds. The molecule has 1 unspecified atom stereocenters. The highest BCUT2D eigenvalue weighted by Gasteiger charge is 2.29. The van der Waals surface area contributed by atoms with E-state index in [4.69, 9.17) is 0 Å². The molecule has 9 nitrogen and oxygen atoms in total. The Bertz CT molecular complexity index is 1460. The molecule has 0 bridgehead atoms. The summed E-state index contributed by atoms with van der Waals surface area (Å²) in [7, 11) is -3.26. The van der Waals surface area contributed by atoms with Crippen LogP contribution in [0.1, 0.15) is 24.4 Å². The van der Waals surface area contributed by atoms with Crippen molar-refractivity contribution >= 4 is 38.6 Å². The van der Waals surface area contributed by atoms with Crippen LogP contribution < -0.4 is 5.32 Å². The first-order valence-electron chi connectivity index (χ1n) is 10.8. The van der Waals surface area contributed by atoms with E-state index in [9.17, 15) is 18.3 Å². The van der Waals surface area contributed by atoms with Crippen LogP contribution in [0.15, 0.2) is 71.9 Å². The molecule has 174 valence electrons. The molecular formula is C24H23N5O4S. The summed E-state index contributed by atoms with van der Waals surface area (Å²) in [6.07, 6.45) is 5.57. The molecule has 1 atom stereocenters. The van der Waals surface area contributed by atoms with Gasteiger partial charge in [0.25, 0.3) is 0 Å². The van der Waals surface area contributed by atoms with E-state index in [2.05, 4.69) is 15.3 Å². The number of nitrogens with zero attached hydrogens (tertiary/aromatic N) is 4. The number of sulfone groups is 1. The molecule has 2 aromatic carbocycles. The summed E-state index contributed by atoms with van der Waals surface area (Å²) in [6, 6.07) is 16.1. The second-order valence-corrected chi connectivity index (χ2v) is 10.3. The Hall–Kier alpha value is -3.92. The van der Waals surface area contributed by atoms with Crippen molar-refractivity contribution in [3.05, 3.63) is 72.6 Å². The van der Waals surface area contributed by atoms with E-state index in [-0.39, 0.29) is 10.9 Å². The van der Waals surface area contributed by atoms with E-state index in [0.29, 0.717) is 18.1 Å². The molecule has 2 N–H and O–H groups in total. The number of carboxylic acid groups (broad SMARTS) is 1. The molecule has 0 spiro atoms. The van der Waals surface area contributed by atoms with Crippen LogP contribution in [-0.4, -0.2) is 51.9 Å². The first-order valence-corrected chi connectivity index (χ1v) is 12.7. The normalized spacial score (nSPS) is 16.1. The molecule has 3 heterocycles. The van der Waals surface area contributed by atoms with Crippen molar-refractivity contribution in [1.82, 2.24) is 19.4 Å². The number of hydrogen-bond donors (Lipinski definition) is 2. The summed E-state index contributed by atoms with van der Waals surface area (Å²) in [5.74, 6) is 0.418. The zero-order chi connectivity index (χ0) is 23.9. The maximum atomic E-state index is 11.7. The SMILES string of the molecule is CS(=O)(=O)c1ccc(-n2ccc3cnc(Nc4ccc(C5CCCN5C(=O)O)cc4)nc32)cc1. The Morgan fingerprint density at radius 2 is 1.82 bits per heavy atom. The molecule has 1 fully saturated rings. The Morgan fingerprint density at radius 1 is 1.09 bits per heavy atom. The van der Waals surface area contributed by atoms with Crippen molar-refractivity contribution in [2.75, 3.05) is 18.1 Å². The third kappa shape index (κ3) is 4.19. The summed E-state index contributed by atoms with van der Waals surface area (Å²) in [5, 5.41) is 13.4. The predicted octanol–water partition coefficient (Wildman–Crippen LogP) is 4.38. The molecule has 5 rings (SSSR count). The van der Waals surface area contributed by atoms with Crippen LogP contribution in [-0.2, 0) is 9.84 Å². The molecule has 4 aromatic rings. The maximum absolute atomic E-state index is 11.7. The quantitative estimate of drug-likeness (QED) is 0.438. The topological polar surface area (TPSA) is 117 Å². The lowest BCUT2D eigenvalue weighted by Gasteiger charge is -2.22. The highest BCUT2D eigenvalue weighted by molar-refractivity contribution is 7.90. The number of rotatable bonds is 5. The van der Waals surface area contributed by atoms with Gasteiger partial charge >= 0.3 is 6.09 Å². The first kappa shape index (κ1) is 21.9. The number of hydrogen-bond acceptors (Lipinski definition) is 6. The van der Waals surface area contributed by atoms with Gasteiger partial charge in [0, 0.05) is 42.0 Å². The van der Waals surface area contributed by atoms with Crippen LogP contribution in [0.2, 0.25) is 0 Å². The van der Waals surface area contributed by atoms with Gasteiger partial charge in [0.15, 0.2) is 9.84 Å². The Morgan fingerprint density at radius 3 is 2.50 bits per heavy atom. The van der Waals surface area contributed by atoms with Crippen molar-refractivity contribution in [3.63, 3.8) is 0 Å². The first-order chi connectivity index (χ1) is 16.3. The molecule has 2 aromatic heterocycles. The van der Waals surface area contributed by atoms with Gasteiger partial charge in [-0.1, -0.05) is 12.1 Å². The van der Waals surface area contributed by atoms with Crippen LogP contribution in [0.4, 0.5) is 16.4 Å². The van der Waals surface area contributed by atoms with E-state index in [0.717, 1.165) is 35.2 Å². The van der Waals surface area contributed by atoms with E-state index in [1.807, 2.05) is 41.1 Å². The van der Waals surface area contributed by atoms with Crippen molar-refractivity contribution in [2.45, 2.75) is 23.8 Å². The monoisotopic (exact) mass is 477 g/mol. The minimum atomic E-state index is -3.26. The maximum Gasteiger partial charge on any atom is 0.407 e. The van der Waals surface area contributed by atoms with Crippen LogP contribution >= 0.6 is 0 Å². The second kappa shape index (κ2) is 8.45. The fraction of sp³-hybridized carbons (Fsp3) is 0.208. The Balaban J connectivity index is 1.38. The molecule has 34 heavy (non-hydrogen) atoms. The highest BCUT2D eigenvalue weighted by atomic mass is 32.2. The average molecular weight is 478 g/mol. The van der Waals surface area contributed by atoms with Gasteiger partial charge in [-0.05, 0) is 60.9 Å². The number of benzene rings is 2. The van der Waals surface area contributed by atoms with Gasteiger partial charge in [0.05, 0.1) is 10.9 Å². The van der Waals surface area contributed by atoms with E-state index < -0.39 is 15.9 Å². The minimum absolute atomic E-state index is 0.114. The fourth-order valence-electron chi connectivity index (χ4n) is 4.30. The largest absolute Gasteiger partial charge is 0.465 e. The third-order valence-corrected chi connectivity index (χ3v) is 7.15. The number of carbonyl (C=O) groups is 1. The lowest BCUT2D eigenvalue weighted by Crippen LogP contribution is -2.28. The van der Waals surface area contributed by atoms with Gasteiger partial charge in [-0.15, -0.1) is 0 Å². The molecule has 10 heteroatoms. The summed E-state index contributed by atoms with van der Waals surface area (Å²) in [6.45, 7) is 0.560. The molecule has 1 saturated heterocycles. The lowest BCUT2D eigenvalue weighted by atomic mass is 10.0. The van der Waals surface area contributed by atoms with Crippen molar-refractivity contribution in [2.24, 2.45) is 0 Å². The van der Waals surface area contributed by atoms with Gasteiger partial charge < -0.3 is 19.9 Å². The molecular weight excluding hydrogens is 454 g/mol. The fourth-order valence-corrected chi connectivity index (χ4v) is 4.93. The van der Waals surface area contributed by atoms with Crippen molar-refractivity contribution in [1.29, 1.82) is 0 Å². The third-order valence-electron chi connectivity index (χ3n) is 6.02. The second-order valence-electron chi connectivity index (χ2n) is 8.31. The number of anilines is 2. The Kier molecular flexibility index (Phi) is 5.45. The number of aromatic nitrogens is 3. The zero-order valence-electron chi connectivity index (χ0n) is 18.4. The van der Waals surface area contributed by atoms with Crippen molar-refractivity contribution < 1.29 is 18.3 Å². The van der Waals surface area contributed by atoms with Crippen LogP contribution in [0.25, 0.3) is 16.7 Å². The molecule has 0 aliphatic carbocycles. The van der Waals surface area contributed by atoms with Crippen molar-refractivity contribution in [3.8, 4) is 5.69 Å². The summed E-state index contributed by atoms with van der Waals surface area (Å²) in [4.78, 5) is 22.2. The minimum Gasteiger partial charge on any atom is -0.465 e. The van der Waals surface area contributed by atoms with E-state index >= 15 is 0 Å². The van der Waals surface area contributed by atoms with Crippen LogP contribution in [0.3, 0.4) is 0 Å². The average Bonchev–Trinajstić information content (AvgIpc) is 3.47. The van der Waals surface area contributed by atoms with E-state index in [1.54, 1.807) is 30.5 Å². The molecule has 0 radical (unpaired) electrons. The number of likely N-dealkylation sites (tertiary alicyclic amines) is 1. The standard InChI is InChI=1S/C24H23N5O4S/c1-34(32,33)20-10-8-19(9-11-20)28-14-12-17-15-25-23(27-22(17)28)26-18-6-4-16(5-7-18)21-3-2-13-29(21)24(30)31/h4-12,14-15,21H,2-3,13H2,1H3,(H,30,31)(H,25,26,27). The van der Waals surface area contributed by atoms with E-state index in [1.165, 1.54) is 11.2 Å². The molecule has 1 aliphatic heterocycles. The van der Waals surface area contributed by atoms with Crippen LogP contribution in [0.5, 0.6) is 0 Å². The molecule has 1 aliphatic rings. The Labute approximate surface area is 196 Å². The smallest absolute Gasteiger partial charge is 0.407 e. The van der Waals surface area contributed by atoms with Crippen LogP contribution in [0, 0.1) is 0 Å².